The van der Waals surface area contributed by atoms with Gasteiger partial charge in [-0.1, -0.05) is 114 Å². The summed E-state index contributed by atoms with van der Waals surface area (Å²) < 4.78 is 15.5. The van der Waals surface area contributed by atoms with Crippen molar-refractivity contribution in [3.8, 4) is 11.5 Å². The van der Waals surface area contributed by atoms with Crippen LogP contribution in [0, 0.1) is 0 Å². The third-order valence-electron chi connectivity index (χ3n) is 6.86. The Bertz CT molecular complexity index is 1060. The van der Waals surface area contributed by atoms with Gasteiger partial charge in [0.05, 0.1) is 6.61 Å². The second-order valence-electron chi connectivity index (χ2n) is 10.5. The van der Waals surface area contributed by atoms with Crippen LogP contribution >= 0.6 is 0 Å². The van der Waals surface area contributed by atoms with Crippen molar-refractivity contribution in [2.45, 2.75) is 103 Å². The monoisotopic (exact) mass is 585 g/mol. The van der Waals surface area contributed by atoms with Gasteiger partial charge >= 0.3 is 18.0 Å². The van der Waals surface area contributed by atoms with E-state index < -0.39 is 30.7 Å². The number of nitrogens with one attached hydrogen (secondary N) is 1. The Morgan fingerprint density at radius 3 is 1.95 bits per heavy atom. The molecule has 0 saturated heterocycles. The average molecular weight is 586 g/mol. The van der Waals surface area contributed by atoms with Gasteiger partial charge in [0.1, 0.15) is 12.6 Å². The summed E-state index contributed by atoms with van der Waals surface area (Å²) in [5, 5.41) is 21.8. The summed E-state index contributed by atoms with van der Waals surface area (Å²) in [4.78, 5) is 37.3. The molecule has 42 heavy (non-hydrogen) atoms. The zero-order valence-electron chi connectivity index (χ0n) is 24.9. The van der Waals surface area contributed by atoms with Gasteiger partial charge in [0, 0.05) is 6.42 Å². The highest BCUT2D eigenvalue weighted by atomic mass is 16.6. The molecule has 0 spiro atoms. The molecule has 2 aromatic carbocycles. The Morgan fingerprint density at radius 2 is 1.33 bits per heavy atom. The van der Waals surface area contributed by atoms with Crippen LogP contribution in [0.5, 0.6) is 11.5 Å². The first-order valence-electron chi connectivity index (χ1n) is 15.2. The molecule has 0 fully saturated rings. The van der Waals surface area contributed by atoms with Crippen LogP contribution in [0.15, 0.2) is 48.5 Å². The van der Waals surface area contributed by atoms with Gasteiger partial charge in [-0.05, 0) is 29.7 Å². The first-order chi connectivity index (χ1) is 20.4. The molecule has 0 bridgehead atoms. The fraction of sp³-hybridized carbons (Fsp3) is 0.545. The van der Waals surface area contributed by atoms with Gasteiger partial charge in [-0.3, -0.25) is 0 Å². The molecule has 1 atom stereocenters. The lowest BCUT2D eigenvalue weighted by molar-refractivity contribution is -0.160. The van der Waals surface area contributed by atoms with Crippen molar-refractivity contribution in [3.63, 3.8) is 0 Å². The molecule has 0 heterocycles. The number of phenols is 2. The van der Waals surface area contributed by atoms with Crippen LogP contribution in [-0.2, 0) is 36.8 Å². The Morgan fingerprint density at radius 1 is 0.714 bits per heavy atom. The molecule has 0 saturated carbocycles. The van der Waals surface area contributed by atoms with Crippen LogP contribution in [0.3, 0.4) is 0 Å². The van der Waals surface area contributed by atoms with E-state index in [1.165, 1.54) is 76.0 Å². The number of amides is 1. The van der Waals surface area contributed by atoms with Crippen LogP contribution < -0.4 is 5.32 Å². The lowest BCUT2D eigenvalue weighted by Gasteiger charge is -2.18. The first-order valence-corrected chi connectivity index (χ1v) is 15.2. The second kappa shape index (κ2) is 21.0. The van der Waals surface area contributed by atoms with Crippen LogP contribution in [0.4, 0.5) is 4.79 Å². The Hall–Kier alpha value is -3.75. The van der Waals surface area contributed by atoms with Gasteiger partial charge in [-0.15, -0.1) is 0 Å². The molecule has 0 aliphatic carbocycles. The van der Waals surface area contributed by atoms with E-state index in [-0.39, 0.29) is 31.1 Å². The normalized spacial score (nSPS) is 11.5. The van der Waals surface area contributed by atoms with Crippen molar-refractivity contribution in [2.24, 2.45) is 0 Å². The molecule has 0 aliphatic heterocycles. The number of carbonyl (C=O) groups is 3. The predicted octanol–water partition coefficient (Wildman–Crippen LogP) is 6.72. The standard InChI is InChI=1S/C33H47NO8/c1-2-3-4-5-6-7-8-9-10-11-12-16-21-40-31(37)25-41-32(38)28(22-27-19-20-29(35)30(36)23-27)34-33(39)42-24-26-17-14-13-15-18-26/h13-15,17-20,23,28,35-36H,2-12,16,21-22,24-25H2,1H3,(H,34,39)/t28-/m0/s1. The number of ether oxygens (including phenoxy) is 3. The van der Waals surface area contributed by atoms with Crippen LogP contribution in [-0.4, -0.2) is 47.5 Å². The van der Waals surface area contributed by atoms with Crippen molar-refractivity contribution in [3.05, 3.63) is 59.7 Å². The highest BCUT2D eigenvalue weighted by Crippen LogP contribution is 2.25. The molecule has 232 valence electrons. The van der Waals surface area contributed by atoms with Crippen molar-refractivity contribution in [1.29, 1.82) is 0 Å². The van der Waals surface area contributed by atoms with Crippen LogP contribution in [0.25, 0.3) is 0 Å². The summed E-state index contributed by atoms with van der Waals surface area (Å²) in [6, 6.07) is 11.9. The maximum atomic E-state index is 12.8. The molecular formula is C33H47NO8. The third-order valence-corrected chi connectivity index (χ3v) is 6.86. The predicted molar refractivity (Wildman–Crippen MR) is 160 cm³/mol. The molecule has 9 heteroatoms. The van der Waals surface area contributed by atoms with E-state index in [9.17, 15) is 24.6 Å². The van der Waals surface area contributed by atoms with Gasteiger partial charge in [0.25, 0.3) is 0 Å². The number of aromatic hydroxyl groups is 2. The minimum absolute atomic E-state index is 0.000110. The average Bonchev–Trinajstić information content (AvgIpc) is 2.99. The number of unbranched alkanes of at least 4 members (excludes halogenated alkanes) is 11. The van der Waals surface area contributed by atoms with E-state index in [2.05, 4.69) is 12.2 Å². The first kappa shape index (κ1) is 34.5. The minimum Gasteiger partial charge on any atom is -0.504 e. The summed E-state index contributed by atoms with van der Waals surface area (Å²) in [6.45, 7) is 1.90. The van der Waals surface area contributed by atoms with Gasteiger partial charge in [-0.25, -0.2) is 14.4 Å². The summed E-state index contributed by atoms with van der Waals surface area (Å²) in [5.41, 5.74) is 1.22. The molecular weight excluding hydrogens is 538 g/mol. The van der Waals surface area contributed by atoms with Crippen LogP contribution in [0.1, 0.15) is 95.1 Å². The molecule has 0 radical (unpaired) electrons. The molecule has 2 rings (SSSR count). The van der Waals surface area contributed by atoms with E-state index in [0.29, 0.717) is 5.56 Å². The fourth-order valence-corrected chi connectivity index (χ4v) is 4.43. The number of benzene rings is 2. The summed E-state index contributed by atoms with van der Waals surface area (Å²) in [6.07, 6.45) is 13.5. The fourth-order valence-electron chi connectivity index (χ4n) is 4.43. The Kier molecular flexibility index (Phi) is 17.2. The lowest BCUT2D eigenvalue weighted by atomic mass is 10.1. The molecule has 1 amide bonds. The number of esters is 2. The highest BCUT2D eigenvalue weighted by Gasteiger charge is 2.25. The topological polar surface area (TPSA) is 131 Å². The molecule has 2 aromatic rings. The number of phenolic OH excluding ortho intramolecular Hbond substituents is 2. The molecule has 3 N–H and O–H groups in total. The van der Waals surface area contributed by atoms with Crippen molar-refractivity contribution < 1.29 is 38.8 Å². The van der Waals surface area contributed by atoms with Crippen molar-refractivity contribution >= 4 is 18.0 Å². The molecule has 9 nitrogen and oxygen atoms in total. The quantitative estimate of drug-likeness (QED) is 0.0637. The smallest absolute Gasteiger partial charge is 0.408 e. The van der Waals surface area contributed by atoms with Gasteiger partial charge in [0.2, 0.25) is 0 Å². The molecule has 0 aromatic heterocycles. The Balaban J connectivity index is 1.69. The number of hydrogen-bond donors (Lipinski definition) is 3. The van der Waals surface area contributed by atoms with Gasteiger partial charge in [0.15, 0.2) is 18.1 Å². The summed E-state index contributed by atoms with van der Waals surface area (Å²) >= 11 is 0. The summed E-state index contributed by atoms with van der Waals surface area (Å²) in [5.74, 6) is -2.21. The van der Waals surface area contributed by atoms with Crippen LogP contribution in [0.2, 0.25) is 0 Å². The van der Waals surface area contributed by atoms with E-state index in [0.717, 1.165) is 24.8 Å². The van der Waals surface area contributed by atoms with E-state index in [1.807, 2.05) is 18.2 Å². The lowest BCUT2D eigenvalue weighted by Crippen LogP contribution is -2.44. The number of alkyl carbamates (subject to hydrolysis) is 1. The second-order valence-corrected chi connectivity index (χ2v) is 10.5. The van der Waals surface area contributed by atoms with Gasteiger partial charge < -0.3 is 29.7 Å². The molecule has 0 unspecified atom stereocenters. The maximum Gasteiger partial charge on any atom is 0.408 e. The maximum absolute atomic E-state index is 12.8. The van der Waals surface area contributed by atoms with Crippen molar-refractivity contribution in [1.82, 2.24) is 5.32 Å². The van der Waals surface area contributed by atoms with E-state index >= 15 is 0 Å². The largest absolute Gasteiger partial charge is 0.504 e. The number of carbonyl (C=O) groups excluding carboxylic acids is 3. The summed E-state index contributed by atoms with van der Waals surface area (Å²) in [7, 11) is 0. The number of rotatable bonds is 21. The SMILES string of the molecule is CCCCCCCCCCCCCCOC(=O)COC(=O)[C@H](Cc1ccc(O)c(O)c1)NC(=O)OCc1ccccc1. The van der Waals surface area contributed by atoms with Gasteiger partial charge in [-0.2, -0.15) is 0 Å². The van der Waals surface area contributed by atoms with Crippen molar-refractivity contribution in [2.75, 3.05) is 13.2 Å². The Labute approximate surface area is 249 Å². The zero-order valence-corrected chi connectivity index (χ0v) is 24.9. The number of hydrogen-bond acceptors (Lipinski definition) is 8. The third kappa shape index (κ3) is 15.3. The minimum atomic E-state index is -1.21. The zero-order chi connectivity index (χ0) is 30.4. The van der Waals surface area contributed by atoms with E-state index in [1.54, 1.807) is 12.1 Å². The van der Waals surface area contributed by atoms with E-state index in [4.69, 9.17) is 14.2 Å². The highest BCUT2D eigenvalue weighted by molar-refractivity contribution is 5.83. The molecule has 0 aliphatic rings.